The number of fused-ring (bicyclic) bond motifs is 1. The number of H-pyrrole nitrogens is 1. The van der Waals surface area contributed by atoms with E-state index in [-0.39, 0.29) is 5.75 Å². The summed E-state index contributed by atoms with van der Waals surface area (Å²) in [4.78, 5) is 7.49. The van der Waals surface area contributed by atoms with Crippen LogP contribution in [0, 0.1) is 6.92 Å². The van der Waals surface area contributed by atoms with Crippen molar-refractivity contribution in [1.82, 2.24) is 14.3 Å². The van der Waals surface area contributed by atoms with Gasteiger partial charge in [-0.25, -0.2) is 17.7 Å². The lowest BCUT2D eigenvalue weighted by atomic mass is 10.2. The van der Waals surface area contributed by atoms with Crippen molar-refractivity contribution in [3.63, 3.8) is 0 Å². The van der Waals surface area contributed by atoms with Crippen molar-refractivity contribution in [2.24, 2.45) is 0 Å². The summed E-state index contributed by atoms with van der Waals surface area (Å²) in [6.07, 6.45) is 3.03. The molecule has 0 radical (unpaired) electrons. The molecular formula is C14H19N3O2S. The molecule has 20 heavy (non-hydrogen) atoms. The minimum Gasteiger partial charge on any atom is -0.341 e. The molecule has 1 N–H and O–H groups in total. The monoisotopic (exact) mass is 293 g/mol. The van der Waals surface area contributed by atoms with E-state index in [1.807, 2.05) is 25.1 Å². The Hall–Kier alpha value is -1.40. The van der Waals surface area contributed by atoms with E-state index in [4.69, 9.17) is 0 Å². The zero-order chi connectivity index (χ0) is 14.2. The number of hydrogen-bond donors (Lipinski definition) is 1. The zero-order valence-corrected chi connectivity index (χ0v) is 12.4. The second kappa shape index (κ2) is 5.18. The number of imidazole rings is 1. The SMILES string of the molecule is Cc1ccc2nc(CS(=O)(=O)N3CCCCC3)[nH]c2c1. The highest BCUT2D eigenvalue weighted by atomic mass is 32.2. The lowest BCUT2D eigenvalue weighted by molar-refractivity contribution is 0.346. The van der Waals surface area contributed by atoms with Crippen molar-refractivity contribution in [2.45, 2.75) is 31.9 Å². The number of sulfonamides is 1. The van der Waals surface area contributed by atoms with Crippen molar-refractivity contribution in [3.8, 4) is 0 Å². The van der Waals surface area contributed by atoms with Gasteiger partial charge >= 0.3 is 0 Å². The number of hydrogen-bond acceptors (Lipinski definition) is 3. The van der Waals surface area contributed by atoms with Gasteiger partial charge in [0.2, 0.25) is 10.0 Å². The van der Waals surface area contributed by atoms with Crippen molar-refractivity contribution in [1.29, 1.82) is 0 Å². The normalized spacial score (nSPS) is 17.6. The summed E-state index contributed by atoms with van der Waals surface area (Å²) in [6, 6.07) is 5.88. The molecule has 2 aromatic rings. The summed E-state index contributed by atoms with van der Waals surface area (Å²) in [5.41, 5.74) is 2.85. The molecule has 108 valence electrons. The van der Waals surface area contributed by atoms with Crippen molar-refractivity contribution < 1.29 is 8.42 Å². The highest BCUT2D eigenvalue weighted by molar-refractivity contribution is 7.88. The lowest BCUT2D eigenvalue weighted by Crippen LogP contribution is -2.36. The zero-order valence-electron chi connectivity index (χ0n) is 11.6. The van der Waals surface area contributed by atoms with Crippen LogP contribution in [-0.4, -0.2) is 35.8 Å². The number of rotatable bonds is 3. The van der Waals surface area contributed by atoms with Gasteiger partial charge in [0.15, 0.2) is 0 Å². The fourth-order valence-electron chi connectivity index (χ4n) is 2.65. The van der Waals surface area contributed by atoms with Gasteiger partial charge in [-0.3, -0.25) is 0 Å². The minimum absolute atomic E-state index is 0.0409. The van der Waals surface area contributed by atoms with Gasteiger partial charge < -0.3 is 4.98 Å². The summed E-state index contributed by atoms with van der Waals surface area (Å²) in [5, 5.41) is 0. The van der Waals surface area contributed by atoms with Crippen LogP contribution in [0.15, 0.2) is 18.2 Å². The van der Waals surface area contributed by atoms with Gasteiger partial charge in [-0.2, -0.15) is 0 Å². The summed E-state index contributed by atoms with van der Waals surface area (Å²) in [5.74, 6) is 0.483. The number of aryl methyl sites for hydroxylation is 1. The standard InChI is InChI=1S/C14H19N3O2S/c1-11-5-6-12-13(9-11)16-14(15-12)10-20(18,19)17-7-3-2-4-8-17/h5-6,9H,2-4,7-8,10H2,1H3,(H,15,16). The molecule has 0 bridgehead atoms. The molecule has 0 atom stereocenters. The largest absolute Gasteiger partial charge is 0.341 e. The van der Waals surface area contributed by atoms with E-state index in [0.717, 1.165) is 35.9 Å². The van der Waals surface area contributed by atoms with Gasteiger partial charge in [0.25, 0.3) is 0 Å². The molecule has 0 unspecified atom stereocenters. The minimum atomic E-state index is -3.25. The van der Waals surface area contributed by atoms with Crippen molar-refractivity contribution >= 4 is 21.1 Å². The first-order valence-electron chi connectivity index (χ1n) is 6.98. The maximum absolute atomic E-state index is 12.4. The van der Waals surface area contributed by atoms with Crippen molar-refractivity contribution in [3.05, 3.63) is 29.6 Å². The average molecular weight is 293 g/mol. The molecule has 5 nitrogen and oxygen atoms in total. The highest BCUT2D eigenvalue weighted by Gasteiger charge is 2.25. The van der Waals surface area contributed by atoms with E-state index in [1.54, 1.807) is 4.31 Å². The van der Waals surface area contributed by atoms with Crippen LogP contribution in [-0.2, 0) is 15.8 Å². The second-order valence-corrected chi connectivity index (χ2v) is 7.39. The molecule has 0 aliphatic carbocycles. The number of aromatic amines is 1. The van der Waals surface area contributed by atoms with Gasteiger partial charge in [0.05, 0.1) is 11.0 Å². The fourth-order valence-corrected chi connectivity index (χ4v) is 4.13. The first-order chi connectivity index (χ1) is 9.54. The third kappa shape index (κ3) is 2.71. The maximum Gasteiger partial charge on any atom is 0.221 e. The number of piperidine rings is 1. The van der Waals surface area contributed by atoms with E-state index < -0.39 is 10.0 Å². The Bertz CT molecular complexity index is 715. The molecule has 1 aliphatic rings. The summed E-state index contributed by atoms with van der Waals surface area (Å²) in [7, 11) is -3.25. The number of nitrogens with zero attached hydrogens (tertiary/aromatic N) is 2. The predicted molar refractivity (Wildman–Crippen MR) is 78.9 cm³/mol. The fraction of sp³-hybridized carbons (Fsp3) is 0.500. The number of benzene rings is 1. The second-order valence-electron chi connectivity index (χ2n) is 5.42. The van der Waals surface area contributed by atoms with E-state index in [1.165, 1.54) is 0 Å². The van der Waals surface area contributed by atoms with Gasteiger partial charge in [0.1, 0.15) is 11.6 Å². The van der Waals surface area contributed by atoms with Gasteiger partial charge in [-0.15, -0.1) is 0 Å². The molecule has 1 saturated heterocycles. The molecule has 0 spiro atoms. The lowest BCUT2D eigenvalue weighted by Gasteiger charge is -2.25. The van der Waals surface area contributed by atoms with Gasteiger partial charge in [-0.1, -0.05) is 12.5 Å². The summed E-state index contributed by atoms with van der Waals surface area (Å²) in [6.45, 7) is 3.29. The highest BCUT2D eigenvalue weighted by Crippen LogP contribution is 2.18. The van der Waals surface area contributed by atoms with Crippen LogP contribution in [0.2, 0.25) is 0 Å². The smallest absolute Gasteiger partial charge is 0.221 e. The van der Waals surface area contributed by atoms with Crippen LogP contribution < -0.4 is 0 Å². The molecule has 3 rings (SSSR count). The Morgan fingerprint density at radius 1 is 1.25 bits per heavy atom. The topological polar surface area (TPSA) is 66.1 Å². The van der Waals surface area contributed by atoms with Crippen LogP contribution >= 0.6 is 0 Å². The van der Waals surface area contributed by atoms with Crippen LogP contribution in [0.1, 0.15) is 30.7 Å². The van der Waals surface area contributed by atoms with Crippen LogP contribution in [0.5, 0.6) is 0 Å². The Labute approximate surface area is 119 Å². The summed E-state index contributed by atoms with van der Waals surface area (Å²) >= 11 is 0. The summed E-state index contributed by atoms with van der Waals surface area (Å²) < 4.78 is 26.3. The Morgan fingerprint density at radius 3 is 2.75 bits per heavy atom. The molecule has 1 aromatic carbocycles. The first-order valence-corrected chi connectivity index (χ1v) is 8.59. The van der Waals surface area contributed by atoms with Crippen LogP contribution in [0.3, 0.4) is 0 Å². The third-order valence-electron chi connectivity index (χ3n) is 3.71. The van der Waals surface area contributed by atoms with E-state index in [0.29, 0.717) is 18.9 Å². The predicted octanol–water partition coefficient (Wildman–Crippen LogP) is 2.19. The Balaban J connectivity index is 1.84. The Morgan fingerprint density at radius 2 is 2.00 bits per heavy atom. The molecule has 6 heteroatoms. The molecule has 1 aliphatic heterocycles. The average Bonchev–Trinajstić information content (AvgIpc) is 2.80. The van der Waals surface area contributed by atoms with Gasteiger partial charge in [0, 0.05) is 13.1 Å². The quantitative estimate of drug-likeness (QED) is 0.943. The molecule has 0 saturated carbocycles. The maximum atomic E-state index is 12.4. The van der Waals surface area contributed by atoms with Gasteiger partial charge in [-0.05, 0) is 37.5 Å². The van der Waals surface area contributed by atoms with Crippen LogP contribution in [0.25, 0.3) is 11.0 Å². The van der Waals surface area contributed by atoms with E-state index in [2.05, 4.69) is 9.97 Å². The third-order valence-corrected chi connectivity index (χ3v) is 5.50. The van der Waals surface area contributed by atoms with Crippen molar-refractivity contribution in [2.75, 3.05) is 13.1 Å². The van der Waals surface area contributed by atoms with E-state index >= 15 is 0 Å². The molecule has 1 aromatic heterocycles. The molecule has 0 amide bonds. The Kier molecular flexibility index (Phi) is 3.52. The van der Waals surface area contributed by atoms with E-state index in [9.17, 15) is 8.42 Å². The number of nitrogens with one attached hydrogen (secondary N) is 1. The molecule has 2 heterocycles. The van der Waals surface area contributed by atoms with Crippen LogP contribution in [0.4, 0.5) is 0 Å². The number of aromatic nitrogens is 2. The molecule has 1 fully saturated rings. The first kappa shape index (κ1) is 13.6. The molecular weight excluding hydrogens is 274 g/mol.